The van der Waals surface area contributed by atoms with Crippen molar-refractivity contribution < 1.29 is 0 Å². The van der Waals surface area contributed by atoms with E-state index in [0.29, 0.717) is 5.02 Å². The van der Waals surface area contributed by atoms with Gasteiger partial charge in [0.05, 0.1) is 27.1 Å². The summed E-state index contributed by atoms with van der Waals surface area (Å²) < 4.78 is 2.22. The van der Waals surface area contributed by atoms with Gasteiger partial charge in [-0.2, -0.15) is 0 Å². The Balaban J connectivity index is 0.000000150. The SMILES string of the molecule is Brc1cccc([Si](c2ccccc2)(c2ccccc2)c2cccc(Br)c2)c1.Cc1cccc(Nc2ccccc2)c1Cl.Clc1c2cccc1N(c1ccccc1)c1cccc(c1)[Si](c1ccccc1)(c1ccccc1)c1cccc(c1)N2c1ccccc1. The lowest BCUT2D eigenvalue weighted by molar-refractivity contribution is 1.25. The second-order valence-electron chi connectivity index (χ2n) is 21.5. The summed E-state index contributed by atoms with van der Waals surface area (Å²) in [7, 11) is -5.26. The topological polar surface area (TPSA) is 18.5 Å². The van der Waals surface area contributed by atoms with Crippen molar-refractivity contribution in [1.82, 2.24) is 0 Å². The predicted octanol–water partition coefficient (Wildman–Crippen LogP) is 18.0. The van der Waals surface area contributed by atoms with Gasteiger partial charge >= 0.3 is 0 Å². The maximum atomic E-state index is 7.53. The van der Waals surface area contributed by atoms with Crippen molar-refractivity contribution in [3.8, 4) is 0 Å². The molecule has 9 heteroatoms. The Bertz CT molecular complexity index is 4200. The molecule has 1 heterocycles. The molecule has 0 atom stereocenters. The first-order chi connectivity index (χ1) is 43.2. The zero-order chi connectivity index (χ0) is 60.3. The fourth-order valence-electron chi connectivity index (χ4n) is 12.2. The van der Waals surface area contributed by atoms with Crippen LogP contribution in [0.1, 0.15) is 5.56 Å². The summed E-state index contributed by atoms with van der Waals surface area (Å²) in [6.45, 7) is 2.00. The van der Waals surface area contributed by atoms with Crippen LogP contribution in [0.3, 0.4) is 0 Å². The Morgan fingerprint density at radius 2 is 0.659 bits per heavy atom. The van der Waals surface area contributed by atoms with Crippen molar-refractivity contribution in [2.45, 2.75) is 6.92 Å². The van der Waals surface area contributed by atoms with Crippen LogP contribution in [0.25, 0.3) is 0 Å². The molecule has 13 aromatic rings. The lowest BCUT2D eigenvalue weighted by Crippen LogP contribution is -2.74. The zero-order valence-electron chi connectivity index (χ0n) is 48.3. The summed E-state index contributed by atoms with van der Waals surface area (Å²) in [5.41, 5.74) is 9.15. The highest BCUT2D eigenvalue weighted by atomic mass is 79.9. The van der Waals surface area contributed by atoms with E-state index in [9.17, 15) is 0 Å². The fourth-order valence-corrected chi connectivity index (χ4v) is 23.6. The molecule has 14 rings (SSSR count). The minimum atomic E-state index is -2.84. The molecule has 0 aromatic heterocycles. The van der Waals surface area contributed by atoms with E-state index < -0.39 is 16.1 Å². The van der Waals surface area contributed by atoms with Crippen molar-refractivity contribution in [2.75, 3.05) is 15.1 Å². The van der Waals surface area contributed by atoms with Gasteiger partial charge in [-0.1, -0.05) is 298 Å². The second-order valence-corrected chi connectivity index (χ2v) is 31.7. The van der Waals surface area contributed by atoms with Crippen molar-refractivity contribution in [3.05, 3.63) is 370 Å². The smallest absolute Gasteiger partial charge is 0.179 e. The summed E-state index contributed by atoms with van der Waals surface area (Å²) in [6.07, 6.45) is 0. The second kappa shape index (κ2) is 27.5. The van der Waals surface area contributed by atoms with Gasteiger partial charge in [-0.25, -0.2) is 0 Å². The normalized spacial score (nSPS) is 12.2. The number of fused-ring (bicyclic) bond motifs is 6. The third kappa shape index (κ3) is 12.3. The summed E-state index contributed by atoms with van der Waals surface area (Å²) in [6, 6.07) is 123. The van der Waals surface area contributed by atoms with Crippen molar-refractivity contribution >= 4 is 158 Å². The fraction of sp³-hybridized carbons (Fsp3) is 0.0127. The van der Waals surface area contributed by atoms with Gasteiger partial charge in [-0.05, 0) is 157 Å². The zero-order valence-corrected chi connectivity index (χ0v) is 55.0. The molecule has 13 aromatic carbocycles. The van der Waals surface area contributed by atoms with Gasteiger partial charge in [0.2, 0.25) is 0 Å². The molecule has 1 N–H and O–H groups in total. The predicted molar refractivity (Wildman–Crippen MR) is 389 cm³/mol. The molecular formula is C79H61Br2Cl2N3Si2. The Morgan fingerprint density at radius 3 is 1.09 bits per heavy atom. The van der Waals surface area contributed by atoms with E-state index in [1.165, 1.54) is 41.5 Å². The molecule has 3 nitrogen and oxygen atoms in total. The lowest BCUT2D eigenvalue weighted by atomic mass is 10.1. The van der Waals surface area contributed by atoms with E-state index in [0.717, 1.165) is 65.0 Å². The first-order valence-electron chi connectivity index (χ1n) is 29.2. The number of hydrogen-bond donors (Lipinski definition) is 1. The Kier molecular flexibility index (Phi) is 18.6. The van der Waals surface area contributed by atoms with Crippen molar-refractivity contribution in [1.29, 1.82) is 0 Å². The average Bonchev–Trinajstić information content (AvgIpc) is 0.893. The minimum Gasteiger partial charge on any atom is -0.354 e. The van der Waals surface area contributed by atoms with Gasteiger partial charge in [0.15, 0.2) is 16.1 Å². The largest absolute Gasteiger partial charge is 0.354 e. The van der Waals surface area contributed by atoms with Gasteiger partial charge in [-0.15, -0.1) is 0 Å². The molecule has 0 unspecified atom stereocenters. The van der Waals surface area contributed by atoms with Crippen LogP contribution in [0.15, 0.2) is 355 Å². The molecule has 428 valence electrons. The quantitative estimate of drug-likeness (QED) is 0.109. The molecule has 0 spiro atoms. The first-order valence-corrected chi connectivity index (χ1v) is 35.6. The van der Waals surface area contributed by atoms with Crippen LogP contribution in [0.5, 0.6) is 0 Å². The highest BCUT2D eigenvalue weighted by Gasteiger charge is 2.43. The van der Waals surface area contributed by atoms with Crippen molar-refractivity contribution in [2.24, 2.45) is 0 Å². The summed E-state index contributed by atoms with van der Waals surface area (Å²) in [5.74, 6) is 0. The Morgan fingerprint density at radius 1 is 0.318 bits per heavy atom. The van der Waals surface area contributed by atoms with E-state index in [4.69, 9.17) is 23.2 Å². The van der Waals surface area contributed by atoms with Gasteiger partial charge in [-0.3, -0.25) is 0 Å². The molecular weight excluding hydrogens is 1280 g/mol. The van der Waals surface area contributed by atoms with Crippen LogP contribution in [0, 0.1) is 6.92 Å². The van der Waals surface area contributed by atoms with Crippen LogP contribution in [-0.4, -0.2) is 16.1 Å². The Labute approximate surface area is 546 Å². The van der Waals surface area contributed by atoms with Crippen LogP contribution in [0.2, 0.25) is 10.0 Å². The number of hydrogen-bond acceptors (Lipinski definition) is 3. The highest BCUT2D eigenvalue weighted by Crippen LogP contribution is 2.46. The number of nitrogens with zero attached hydrogens (tertiary/aromatic N) is 2. The third-order valence-electron chi connectivity index (χ3n) is 16.1. The van der Waals surface area contributed by atoms with E-state index >= 15 is 0 Å². The molecule has 0 saturated carbocycles. The standard InChI is InChI=1S/C42H31ClN2Si.C24H18Br2Si.C13H12ClN/c43-42-40-28-15-29-41(42)45(33-18-7-2-8-19-33)35-21-14-27-39(31-35)46(36-22-9-3-10-23-36,37-24-11-4-12-25-37)38-26-13-20-34(30-38)44(40)32-16-5-1-6-17-32;25-19-9-7-15-23(17-19)27(21-11-3-1-4-12-21,22-13-5-2-6-14-22)24-16-8-10-20(26)18-24;1-10-6-5-9-12(13(10)14)15-11-7-3-2-4-8-11/h1-31H;1-18H;2-9,15H,1H3. The maximum Gasteiger partial charge on any atom is 0.179 e. The number of rotatable bonds is 10. The number of halogens is 4. The number of nitrogens with one attached hydrogen (secondary N) is 1. The van der Waals surface area contributed by atoms with Crippen LogP contribution < -0.4 is 56.6 Å². The molecule has 0 saturated heterocycles. The third-order valence-corrected chi connectivity index (χ3v) is 27.5. The van der Waals surface area contributed by atoms with Gasteiger partial charge in [0.25, 0.3) is 0 Å². The van der Waals surface area contributed by atoms with Crippen molar-refractivity contribution in [3.63, 3.8) is 0 Å². The van der Waals surface area contributed by atoms with Crippen LogP contribution >= 0.6 is 55.1 Å². The molecule has 0 aliphatic carbocycles. The molecule has 1 aliphatic heterocycles. The molecule has 0 amide bonds. The monoisotopic (exact) mass is 1340 g/mol. The van der Waals surface area contributed by atoms with E-state index in [2.05, 4.69) is 344 Å². The lowest BCUT2D eigenvalue weighted by Gasteiger charge is -2.37. The molecule has 6 bridgehead atoms. The van der Waals surface area contributed by atoms with Gasteiger partial charge < -0.3 is 15.1 Å². The number of anilines is 8. The van der Waals surface area contributed by atoms with Gasteiger partial charge in [0, 0.05) is 37.4 Å². The molecule has 88 heavy (non-hydrogen) atoms. The maximum absolute atomic E-state index is 7.53. The molecule has 0 radical (unpaired) electrons. The first kappa shape index (κ1) is 59.6. The van der Waals surface area contributed by atoms with E-state index in [1.807, 2.05) is 55.5 Å². The van der Waals surface area contributed by atoms with Gasteiger partial charge in [0.1, 0.15) is 0 Å². The highest BCUT2D eigenvalue weighted by molar-refractivity contribution is 9.10. The molecule has 0 fully saturated rings. The summed E-state index contributed by atoms with van der Waals surface area (Å²) in [4.78, 5) is 4.59. The van der Waals surface area contributed by atoms with E-state index in [-0.39, 0.29) is 0 Å². The van der Waals surface area contributed by atoms with Crippen LogP contribution in [-0.2, 0) is 0 Å². The van der Waals surface area contributed by atoms with E-state index in [1.54, 1.807) is 0 Å². The Hall–Kier alpha value is -8.77. The average molecular weight is 1340 g/mol. The number of benzene rings is 13. The summed E-state index contributed by atoms with van der Waals surface area (Å²) in [5, 5.41) is 15.5. The van der Waals surface area contributed by atoms with Crippen LogP contribution in [0.4, 0.5) is 45.5 Å². The summed E-state index contributed by atoms with van der Waals surface area (Å²) >= 11 is 21.1. The molecule has 1 aliphatic rings. The number of aryl methyl sites for hydroxylation is 1. The number of para-hydroxylation sites is 3. The minimum absolute atomic E-state index is 0.682.